The highest BCUT2D eigenvalue weighted by Gasteiger charge is 2.29. The standard InChI is InChI=1S/C5H7N5O2/c1-9-2-3-10(5(9)12)4(11)7-8-6/h2-3H2,1H3. The first-order valence-corrected chi connectivity index (χ1v) is 3.28. The van der Waals surface area contributed by atoms with Crippen molar-refractivity contribution in [1.29, 1.82) is 0 Å². The van der Waals surface area contributed by atoms with Gasteiger partial charge in [0.1, 0.15) is 0 Å². The minimum atomic E-state index is -0.841. The first-order valence-electron chi connectivity index (χ1n) is 3.28. The minimum absolute atomic E-state index is 0.285. The SMILES string of the molecule is CN1CCN(C(=O)N=[N+]=[N-])C1=O. The third-order valence-corrected chi connectivity index (χ3v) is 1.58. The van der Waals surface area contributed by atoms with Gasteiger partial charge in [0.05, 0.1) is 0 Å². The Morgan fingerprint density at radius 2 is 2.33 bits per heavy atom. The van der Waals surface area contributed by atoms with Crippen LogP contribution >= 0.6 is 0 Å². The molecule has 12 heavy (non-hydrogen) atoms. The van der Waals surface area contributed by atoms with E-state index in [1.54, 1.807) is 7.05 Å². The van der Waals surface area contributed by atoms with Crippen LogP contribution in [0.3, 0.4) is 0 Å². The van der Waals surface area contributed by atoms with Gasteiger partial charge in [0.25, 0.3) is 0 Å². The Morgan fingerprint density at radius 1 is 1.67 bits per heavy atom. The summed E-state index contributed by atoms with van der Waals surface area (Å²) in [4.78, 5) is 26.5. The maximum Gasteiger partial charge on any atom is 0.326 e. The van der Waals surface area contributed by atoms with Crippen molar-refractivity contribution >= 4 is 12.1 Å². The monoisotopic (exact) mass is 169 g/mol. The van der Waals surface area contributed by atoms with Crippen molar-refractivity contribution in [2.24, 2.45) is 5.11 Å². The summed E-state index contributed by atoms with van der Waals surface area (Å²) in [5.41, 5.74) is 7.94. The van der Waals surface area contributed by atoms with Crippen LogP contribution in [0.2, 0.25) is 0 Å². The second kappa shape index (κ2) is 3.10. The van der Waals surface area contributed by atoms with Gasteiger partial charge in [-0.25, -0.2) is 4.79 Å². The van der Waals surface area contributed by atoms with Crippen molar-refractivity contribution in [3.05, 3.63) is 10.4 Å². The number of carbonyl (C=O) groups is 2. The molecule has 1 aliphatic rings. The molecule has 1 heterocycles. The van der Waals surface area contributed by atoms with E-state index in [0.29, 0.717) is 6.54 Å². The highest BCUT2D eigenvalue weighted by molar-refractivity contribution is 5.95. The fraction of sp³-hybridized carbons (Fsp3) is 0.600. The molecular weight excluding hydrogens is 162 g/mol. The lowest BCUT2D eigenvalue weighted by Crippen LogP contribution is -2.32. The molecule has 0 aromatic carbocycles. The van der Waals surface area contributed by atoms with Crippen molar-refractivity contribution in [2.75, 3.05) is 20.1 Å². The molecule has 0 radical (unpaired) electrons. The van der Waals surface area contributed by atoms with Gasteiger partial charge in [0.15, 0.2) is 0 Å². The third kappa shape index (κ3) is 1.30. The fourth-order valence-electron chi connectivity index (χ4n) is 0.917. The molecule has 0 spiro atoms. The molecule has 1 fully saturated rings. The predicted octanol–water partition coefficient (Wildman–Crippen LogP) is 0.784. The first-order chi connectivity index (χ1) is 5.66. The van der Waals surface area contributed by atoms with E-state index in [1.165, 1.54) is 4.90 Å². The largest absolute Gasteiger partial charge is 0.326 e. The Balaban J connectivity index is 2.72. The normalized spacial score (nSPS) is 16.2. The molecule has 0 bridgehead atoms. The first kappa shape index (κ1) is 8.35. The summed E-state index contributed by atoms with van der Waals surface area (Å²) < 4.78 is 0. The number of likely N-dealkylation sites (N-methyl/N-ethyl adjacent to an activating group) is 1. The van der Waals surface area contributed by atoms with Crippen LogP contribution in [0.5, 0.6) is 0 Å². The Bertz CT molecular complexity index is 269. The molecule has 7 nitrogen and oxygen atoms in total. The summed E-state index contributed by atoms with van der Waals surface area (Å²) >= 11 is 0. The minimum Gasteiger partial charge on any atom is -0.326 e. The highest BCUT2D eigenvalue weighted by Crippen LogP contribution is 2.07. The van der Waals surface area contributed by atoms with Crippen LogP contribution in [0.1, 0.15) is 0 Å². The zero-order valence-corrected chi connectivity index (χ0v) is 6.47. The number of hydrogen-bond acceptors (Lipinski definition) is 2. The van der Waals surface area contributed by atoms with Crippen molar-refractivity contribution in [3.63, 3.8) is 0 Å². The lowest BCUT2D eigenvalue weighted by atomic mass is 10.6. The lowest BCUT2D eigenvalue weighted by Gasteiger charge is -2.09. The molecule has 7 heteroatoms. The Hall–Kier alpha value is -1.75. The molecule has 0 atom stereocenters. The maximum absolute atomic E-state index is 11.1. The molecular formula is C5H7N5O2. The number of carbonyl (C=O) groups excluding carboxylic acids is 2. The number of rotatable bonds is 0. The van der Waals surface area contributed by atoms with Gasteiger partial charge < -0.3 is 4.90 Å². The summed E-state index contributed by atoms with van der Waals surface area (Å²) in [6.07, 6.45) is 0. The van der Waals surface area contributed by atoms with Gasteiger partial charge in [-0.2, -0.15) is 0 Å². The number of amides is 4. The number of urea groups is 2. The van der Waals surface area contributed by atoms with Crippen molar-refractivity contribution in [2.45, 2.75) is 0 Å². The van der Waals surface area contributed by atoms with Gasteiger partial charge >= 0.3 is 12.1 Å². The number of azide groups is 1. The molecule has 0 unspecified atom stereocenters. The van der Waals surface area contributed by atoms with Gasteiger partial charge in [0.2, 0.25) is 0 Å². The van der Waals surface area contributed by atoms with Crippen LogP contribution in [0.4, 0.5) is 9.59 Å². The molecule has 0 aromatic rings. The Morgan fingerprint density at radius 3 is 2.75 bits per heavy atom. The molecule has 1 saturated heterocycles. The Kier molecular flexibility index (Phi) is 2.16. The molecule has 4 amide bonds. The van der Waals surface area contributed by atoms with E-state index in [9.17, 15) is 9.59 Å². The van der Waals surface area contributed by atoms with Gasteiger partial charge in [-0.3, -0.25) is 9.69 Å². The molecule has 0 saturated carbocycles. The van der Waals surface area contributed by atoms with Crippen molar-refractivity contribution < 1.29 is 9.59 Å². The van der Waals surface area contributed by atoms with Crippen molar-refractivity contribution in [3.8, 4) is 0 Å². The van der Waals surface area contributed by atoms with Crippen LogP contribution < -0.4 is 0 Å². The molecule has 0 aliphatic carbocycles. The highest BCUT2D eigenvalue weighted by atomic mass is 16.2. The van der Waals surface area contributed by atoms with E-state index < -0.39 is 12.1 Å². The van der Waals surface area contributed by atoms with Crippen LogP contribution in [-0.4, -0.2) is 42.0 Å². The number of imide groups is 1. The van der Waals surface area contributed by atoms with Crippen LogP contribution in [0.15, 0.2) is 5.11 Å². The zero-order valence-electron chi connectivity index (χ0n) is 6.47. The molecule has 1 aliphatic heterocycles. The fourth-order valence-corrected chi connectivity index (χ4v) is 0.917. The second-order valence-electron chi connectivity index (χ2n) is 2.33. The van der Waals surface area contributed by atoms with Gasteiger partial charge in [-0.15, -0.1) is 0 Å². The molecule has 0 N–H and O–H groups in total. The van der Waals surface area contributed by atoms with E-state index in [2.05, 4.69) is 10.0 Å². The number of hydrogen-bond donors (Lipinski definition) is 0. The molecule has 0 aromatic heterocycles. The summed E-state index contributed by atoms with van der Waals surface area (Å²) in [6.45, 7) is 0.763. The lowest BCUT2D eigenvalue weighted by molar-refractivity contribution is 0.193. The Labute approximate surface area is 68.2 Å². The van der Waals surface area contributed by atoms with Gasteiger partial charge in [-0.05, 0) is 5.53 Å². The molecule has 1 rings (SSSR count). The van der Waals surface area contributed by atoms with Crippen LogP contribution in [-0.2, 0) is 0 Å². The smallest absolute Gasteiger partial charge is 0.326 e. The van der Waals surface area contributed by atoms with E-state index in [4.69, 9.17) is 5.53 Å². The van der Waals surface area contributed by atoms with Crippen LogP contribution in [0.25, 0.3) is 10.4 Å². The average Bonchev–Trinajstić information content (AvgIpc) is 2.34. The van der Waals surface area contributed by atoms with Crippen LogP contribution in [0, 0.1) is 0 Å². The average molecular weight is 169 g/mol. The summed E-state index contributed by atoms with van der Waals surface area (Å²) in [7, 11) is 1.58. The maximum atomic E-state index is 11.1. The van der Waals surface area contributed by atoms with Crippen molar-refractivity contribution in [1.82, 2.24) is 9.80 Å². The molecule has 64 valence electrons. The van der Waals surface area contributed by atoms with E-state index in [0.717, 1.165) is 4.90 Å². The van der Waals surface area contributed by atoms with E-state index in [1.807, 2.05) is 0 Å². The zero-order chi connectivity index (χ0) is 9.14. The predicted molar refractivity (Wildman–Crippen MR) is 39.3 cm³/mol. The third-order valence-electron chi connectivity index (χ3n) is 1.58. The second-order valence-corrected chi connectivity index (χ2v) is 2.33. The van der Waals surface area contributed by atoms with E-state index >= 15 is 0 Å². The topological polar surface area (TPSA) is 89.4 Å². The van der Waals surface area contributed by atoms with Gasteiger partial charge in [0, 0.05) is 30.2 Å². The summed E-state index contributed by atoms with van der Waals surface area (Å²) in [5.74, 6) is 0. The quantitative estimate of drug-likeness (QED) is 0.304. The van der Waals surface area contributed by atoms with Gasteiger partial charge in [-0.1, -0.05) is 0 Å². The van der Waals surface area contributed by atoms with E-state index in [-0.39, 0.29) is 6.54 Å². The number of nitrogens with zero attached hydrogens (tertiary/aromatic N) is 5. The summed E-state index contributed by atoms with van der Waals surface area (Å²) in [5, 5.41) is 2.81. The summed E-state index contributed by atoms with van der Waals surface area (Å²) in [6, 6.07) is -1.26.